The summed E-state index contributed by atoms with van der Waals surface area (Å²) in [6.07, 6.45) is 1.84. The quantitative estimate of drug-likeness (QED) is 0.785. The summed E-state index contributed by atoms with van der Waals surface area (Å²) in [6, 6.07) is 15.3. The highest BCUT2D eigenvalue weighted by Gasteiger charge is 2.07. The van der Waals surface area contributed by atoms with E-state index >= 15 is 0 Å². The van der Waals surface area contributed by atoms with E-state index in [9.17, 15) is 0 Å². The van der Waals surface area contributed by atoms with Gasteiger partial charge in [0.25, 0.3) is 0 Å². The summed E-state index contributed by atoms with van der Waals surface area (Å²) in [5.74, 6) is 2.81. The van der Waals surface area contributed by atoms with E-state index in [2.05, 4.69) is 16.9 Å². The number of nitrogen functional groups attached to an aromatic ring is 1. The number of fused-ring (bicyclic) bond motifs is 1. The van der Waals surface area contributed by atoms with Crippen LogP contribution < -0.4 is 10.5 Å². The van der Waals surface area contributed by atoms with Gasteiger partial charge in [-0.1, -0.05) is 25.1 Å². The monoisotopic (exact) mass is 279 g/mol. The summed E-state index contributed by atoms with van der Waals surface area (Å²) in [5.41, 5.74) is 6.90. The lowest BCUT2D eigenvalue weighted by Gasteiger charge is -2.08. The predicted molar refractivity (Wildman–Crippen MR) is 84.5 cm³/mol. The molecular weight excluding hydrogens is 262 g/mol. The minimum Gasteiger partial charge on any atom is -0.457 e. The second-order valence-electron chi connectivity index (χ2n) is 4.87. The first-order valence-corrected chi connectivity index (χ1v) is 7.05. The molecule has 0 atom stereocenters. The fourth-order valence-electron chi connectivity index (χ4n) is 2.20. The summed E-state index contributed by atoms with van der Waals surface area (Å²) in [5, 5.41) is 0.822. The normalized spacial score (nSPS) is 10.7. The maximum Gasteiger partial charge on any atom is 0.135 e. The number of ether oxygens (including phenoxy) is 1. The van der Waals surface area contributed by atoms with Crippen molar-refractivity contribution in [1.82, 2.24) is 9.97 Å². The van der Waals surface area contributed by atoms with Gasteiger partial charge in [0, 0.05) is 11.8 Å². The number of benzene rings is 2. The van der Waals surface area contributed by atoms with E-state index in [0.717, 1.165) is 41.1 Å². The minimum atomic E-state index is 0.502. The van der Waals surface area contributed by atoms with Crippen LogP contribution in [0.2, 0.25) is 0 Å². The van der Waals surface area contributed by atoms with Gasteiger partial charge in [0.2, 0.25) is 0 Å². The van der Waals surface area contributed by atoms with Gasteiger partial charge in [-0.05, 0) is 36.8 Å². The highest BCUT2D eigenvalue weighted by atomic mass is 16.5. The van der Waals surface area contributed by atoms with E-state index < -0.39 is 0 Å². The van der Waals surface area contributed by atoms with Crippen molar-refractivity contribution in [3.05, 3.63) is 54.4 Å². The van der Waals surface area contributed by atoms with E-state index in [1.54, 1.807) is 0 Å². The highest BCUT2D eigenvalue weighted by molar-refractivity contribution is 5.89. The number of nitrogens with two attached hydrogens (primary N) is 1. The SMILES string of the molecule is CCCc1nc(N)c2cc(Oc3ccccc3)ccc2n1. The molecule has 0 amide bonds. The van der Waals surface area contributed by atoms with Gasteiger partial charge in [0.05, 0.1) is 5.52 Å². The van der Waals surface area contributed by atoms with Crippen LogP contribution in [0, 0.1) is 0 Å². The van der Waals surface area contributed by atoms with E-state index in [1.165, 1.54) is 0 Å². The number of para-hydroxylation sites is 1. The van der Waals surface area contributed by atoms with Crippen LogP contribution in [-0.4, -0.2) is 9.97 Å². The zero-order valence-corrected chi connectivity index (χ0v) is 11.9. The van der Waals surface area contributed by atoms with Crippen molar-refractivity contribution in [2.24, 2.45) is 0 Å². The number of hydrogen-bond acceptors (Lipinski definition) is 4. The second-order valence-corrected chi connectivity index (χ2v) is 4.87. The molecule has 3 aromatic rings. The molecule has 0 spiro atoms. The molecule has 1 aromatic heterocycles. The lowest BCUT2D eigenvalue weighted by Crippen LogP contribution is -2.01. The van der Waals surface area contributed by atoms with Crippen molar-refractivity contribution in [2.75, 3.05) is 5.73 Å². The van der Waals surface area contributed by atoms with Crippen LogP contribution in [0.1, 0.15) is 19.2 Å². The lowest BCUT2D eigenvalue weighted by molar-refractivity contribution is 0.483. The Balaban J connectivity index is 1.96. The molecule has 0 aliphatic rings. The van der Waals surface area contributed by atoms with Crippen molar-refractivity contribution >= 4 is 16.7 Å². The number of nitrogens with zero attached hydrogens (tertiary/aromatic N) is 2. The third kappa shape index (κ3) is 2.94. The van der Waals surface area contributed by atoms with Crippen LogP contribution in [0.5, 0.6) is 11.5 Å². The number of rotatable bonds is 4. The zero-order chi connectivity index (χ0) is 14.7. The molecule has 0 aliphatic carbocycles. The van der Waals surface area contributed by atoms with E-state index in [1.807, 2.05) is 48.5 Å². The van der Waals surface area contributed by atoms with Crippen LogP contribution in [0.25, 0.3) is 10.9 Å². The van der Waals surface area contributed by atoms with Crippen molar-refractivity contribution in [1.29, 1.82) is 0 Å². The largest absolute Gasteiger partial charge is 0.457 e. The molecule has 106 valence electrons. The summed E-state index contributed by atoms with van der Waals surface area (Å²) >= 11 is 0. The molecule has 3 rings (SSSR count). The first-order chi connectivity index (χ1) is 10.3. The summed E-state index contributed by atoms with van der Waals surface area (Å²) in [7, 11) is 0. The van der Waals surface area contributed by atoms with Gasteiger partial charge in [-0.15, -0.1) is 0 Å². The molecule has 21 heavy (non-hydrogen) atoms. The summed E-state index contributed by atoms with van der Waals surface area (Å²) in [4.78, 5) is 8.88. The number of aromatic nitrogens is 2. The van der Waals surface area contributed by atoms with E-state index in [0.29, 0.717) is 5.82 Å². The molecule has 2 N–H and O–H groups in total. The van der Waals surface area contributed by atoms with E-state index in [-0.39, 0.29) is 0 Å². The highest BCUT2D eigenvalue weighted by Crippen LogP contribution is 2.27. The third-order valence-corrected chi connectivity index (χ3v) is 3.20. The Morgan fingerprint density at radius 3 is 2.57 bits per heavy atom. The van der Waals surface area contributed by atoms with Gasteiger partial charge in [0.1, 0.15) is 23.1 Å². The third-order valence-electron chi connectivity index (χ3n) is 3.20. The molecular formula is C17H17N3O. The van der Waals surface area contributed by atoms with Crippen molar-refractivity contribution in [3.63, 3.8) is 0 Å². The molecule has 0 radical (unpaired) electrons. The molecule has 0 saturated carbocycles. The average Bonchev–Trinajstić information content (AvgIpc) is 2.49. The Labute approximate surface area is 123 Å². The van der Waals surface area contributed by atoms with Crippen LogP contribution in [0.4, 0.5) is 5.82 Å². The van der Waals surface area contributed by atoms with E-state index in [4.69, 9.17) is 10.5 Å². The maximum absolute atomic E-state index is 6.04. The molecule has 0 unspecified atom stereocenters. The topological polar surface area (TPSA) is 61.0 Å². The van der Waals surface area contributed by atoms with Crippen LogP contribution >= 0.6 is 0 Å². The Bertz CT molecular complexity index is 757. The van der Waals surface area contributed by atoms with Crippen LogP contribution in [-0.2, 0) is 6.42 Å². The fourth-order valence-corrected chi connectivity index (χ4v) is 2.20. The Morgan fingerprint density at radius 1 is 1.00 bits per heavy atom. The van der Waals surface area contributed by atoms with Gasteiger partial charge < -0.3 is 10.5 Å². The Hall–Kier alpha value is -2.62. The van der Waals surface area contributed by atoms with Crippen molar-refractivity contribution in [3.8, 4) is 11.5 Å². The Morgan fingerprint density at radius 2 is 1.81 bits per heavy atom. The summed E-state index contributed by atoms with van der Waals surface area (Å²) in [6.45, 7) is 2.10. The molecule has 0 saturated heterocycles. The maximum atomic E-state index is 6.04. The second kappa shape index (κ2) is 5.79. The number of anilines is 1. The zero-order valence-electron chi connectivity index (χ0n) is 11.9. The molecule has 4 heteroatoms. The molecule has 4 nitrogen and oxygen atoms in total. The summed E-state index contributed by atoms with van der Waals surface area (Å²) < 4.78 is 5.81. The van der Waals surface area contributed by atoms with Gasteiger partial charge in [0.15, 0.2) is 0 Å². The number of aryl methyl sites for hydroxylation is 1. The van der Waals surface area contributed by atoms with Crippen molar-refractivity contribution < 1.29 is 4.74 Å². The van der Waals surface area contributed by atoms with Gasteiger partial charge in [-0.3, -0.25) is 0 Å². The number of hydrogen-bond donors (Lipinski definition) is 1. The minimum absolute atomic E-state index is 0.502. The molecule has 0 bridgehead atoms. The predicted octanol–water partition coefficient (Wildman–Crippen LogP) is 3.96. The molecule has 2 aromatic carbocycles. The fraction of sp³-hybridized carbons (Fsp3) is 0.176. The van der Waals surface area contributed by atoms with Gasteiger partial charge >= 0.3 is 0 Å². The first-order valence-electron chi connectivity index (χ1n) is 7.05. The lowest BCUT2D eigenvalue weighted by atomic mass is 10.2. The first kappa shape index (κ1) is 13.4. The Kier molecular flexibility index (Phi) is 3.69. The standard InChI is InChI=1S/C17H17N3O/c1-2-6-16-19-15-10-9-13(11-14(15)17(18)20-16)21-12-7-4-3-5-8-12/h3-5,7-11H,2,6H2,1H3,(H2,18,19,20). The van der Waals surface area contributed by atoms with Crippen molar-refractivity contribution in [2.45, 2.75) is 19.8 Å². The smallest absolute Gasteiger partial charge is 0.135 e. The van der Waals surface area contributed by atoms with Crippen LogP contribution in [0.15, 0.2) is 48.5 Å². The van der Waals surface area contributed by atoms with Gasteiger partial charge in [-0.2, -0.15) is 0 Å². The average molecular weight is 279 g/mol. The van der Waals surface area contributed by atoms with Gasteiger partial charge in [-0.25, -0.2) is 9.97 Å². The van der Waals surface area contributed by atoms with Crippen LogP contribution in [0.3, 0.4) is 0 Å². The molecule has 1 heterocycles. The molecule has 0 fully saturated rings. The molecule has 0 aliphatic heterocycles.